The van der Waals surface area contributed by atoms with Crippen LogP contribution in [0.3, 0.4) is 0 Å². The molecular weight excluding hydrogens is 220 g/mol. The molecule has 6 nitrogen and oxygen atoms in total. The number of aryl methyl sites for hydroxylation is 2. The Kier molecular flexibility index (Phi) is 3.22. The Labute approximate surface area is 98.3 Å². The maximum atomic E-state index is 11.6. The number of anilines is 1. The zero-order valence-electron chi connectivity index (χ0n) is 9.80. The van der Waals surface area contributed by atoms with Crippen LogP contribution in [0.1, 0.15) is 18.6 Å². The molecule has 2 aromatic heterocycles. The van der Waals surface area contributed by atoms with E-state index in [1.165, 1.54) is 4.57 Å². The van der Waals surface area contributed by atoms with Gasteiger partial charge < -0.3 is 14.3 Å². The van der Waals surface area contributed by atoms with Gasteiger partial charge in [-0.25, -0.2) is 9.97 Å². The first-order valence-corrected chi connectivity index (χ1v) is 5.39. The van der Waals surface area contributed by atoms with Gasteiger partial charge in [0.2, 0.25) is 5.89 Å². The average Bonchev–Trinajstić information content (AvgIpc) is 2.79. The first kappa shape index (κ1) is 11.4. The smallest absolute Gasteiger partial charge is 0.293 e. The van der Waals surface area contributed by atoms with Crippen LogP contribution in [-0.4, -0.2) is 14.5 Å². The molecule has 0 saturated heterocycles. The van der Waals surface area contributed by atoms with Crippen molar-refractivity contribution in [3.63, 3.8) is 0 Å². The number of nitrogens with one attached hydrogen (secondary N) is 1. The van der Waals surface area contributed by atoms with Crippen LogP contribution in [0.2, 0.25) is 0 Å². The summed E-state index contributed by atoms with van der Waals surface area (Å²) < 4.78 is 6.88. The number of rotatable bonds is 4. The highest BCUT2D eigenvalue weighted by atomic mass is 16.4. The largest absolute Gasteiger partial charge is 0.444 e. The summed E-state index contributed by atoms with van der Waals surface area (Å²) in [7, 11) is 1.68. The Morgan fingerprint density at radius 2 is 2.29 bits per heavy atom. The molecule has 0 aliphatic carbocycles. The van der Waals surface area contributed by atoms with Crippen molar-refractivity contribution in [3.05, 3.63) is 40.6 Å². The number of oxazole rings is 1. The quantitative estimate of drug-likeness (QED) is 0.852. The van der Waals surface area contributed by atoms with Crippen LogP contribution in [0.15, 0.2) is 27.8 Å². The van der Waals surface area contributed by atoms with Gasteiger partial charge in [-0.1, -0.05) is 6.92 Å². The topological polar surface area (TPSA) is 73.0 Å². The van der Waals surface area contributed by atoms with E-state index in [1.54, 1.807) is 25.6 Å². The van der Waals surface area contributed by atoms with E-state index < -0.39 is 0 Å². The normalized spacial score (nSPS) is 10.5. The second-order valence-corrected chi connectivity index (χ2v) is 3.62. The van der Waals surface area contributed by atoms with Gasteiger partial charge in [-0.15, -0.1) is 0 Å². The van der Waals surface area contributed by atoms with Crippen molar-refractivity contribution in [3.8, 4) is 0 Å². The molecule has 6 heteroatoms. The standard InChI is InChI=1S/C11H14N4O2/c1-3-8-6-13-9(17-8)7-14-10-11(16)15(2)5-4-12-10/h4-6H,3,7H2,1-2H3,(H,12,14). The van der Waals surface area contributed by atoms with Crippen molar-refractivity contribution < 1.29 is 4.42 Å². The van der Waals surface area contributed by atoms with E-state index in [2.05, 4.69) is 15.3 Å². The maximum absolute atomic E-state index is 11.6. The van der Waals surface area contributed by atoms with E-state index in [0.717, 1.165) is 12.2 Å². The average molecular weight is 234 g/mol. The fraction of sp³-hybridized carbons (Fsp3) is 0.364. The summed E-state index contributed by atoms with van der Waals surface area (Å²) >= 11 is 0. The molecule has 0 aliphatic rings. The van der Waals surface area contributed by atoms with Crippen LogP contribution in [0.5, 0.6) is 0 Å². The molecule has 0 radical (unpaired) electrons. The highest BCUT2D eigenvalue weighted by Gasteiger charge is 2.05. The molecule has 0 atom stereocenters. The molecule has 17 heavy (non-hydrogen) atoms. The van der Waals surface area contributed by atoms with Crippen molar-refractivity contribution in [2.75, 3.05) is 5.32 Å². The highest BCUT2D eigenvalue weighted by molar-refractivity contribution is 5.30. The third kappa shape index (κ3) is 2.52. The lowest BCUT2D eigenvalue weighted by molar-refractivity contribution is 0.465. The Hall–Kier alpha value is -2.11. The zero-order chi connectivity index (χ0) is 12.3. The van der Waals surface area contributed by atoms with Gasteiger partial charge in [0, 0.05) is 25.9 Å². The van der Waals surface area contributed by atoms with Crippen molar-refractivity contribution in [1.82, 2.24) is 14.5 Å². The van der Waals surface area contributed by atoms with E-state index in [-0.39, 0.29) is 5.56 Å². The molecule has 2 rings (SSSR count). The predicted octanol–water partition coefficient (Wildman–Crippen LogP) is 0.943. The highest BCUT2D eigenvalue weighted by Crippen LogP contribution is 2.05. The van der Waals surface area contributed by atoms with Crippen molar-refractivity contribution in [1.29, 1.82) is 0 Å². The lowest BCUT2D eigenvalue weighted by atomic mass is 10.4. The first-order valence-electron chi connectivity index (χ1n) is 5.39. The Balaban J connectivity index is 2.07. The third-order valence-electron chi connectivity index (χ3n) is 2.37. The lowest BCUT2D eigenvalue weighted by Gasteiger charge is -2.03. The molecule has 90 valence electrons. The molecule has 2 heterocycles. The van der Waals surface area contributed by atoms with Gasteiger partial charge >= 0.3 is 0 Å². The van der Waals surface area contributed by atoms with Crippen LogP contribution in [0, 0.1) is 0 Å². The van der Waals surface area contributed by atoms with Crippen molar-refractivity contribution >= 4 is 5.82 Å². The third-order valence-corrected chi connectivity index (χ3v) is 2.37. The molecule has 2 aromatic rings. The molecule has 0 fully saturated rings. The minimum absolute atomic E-state index is 0.172. The van der Waals surface area contributed by atoms with E-state index in [4.69, 9.17) is 4.42 Å². The lowest BCUT2D eigenvalue weighted by Crippen LogP contribution is -2.21. The van der Waals surface area contributed by atoms with Crippen molar-refractivity contribution in [2.45, 2.75) is 19.9 Å². The molecular formula is C11H14N4O2. The summed E-state index contributed by atoms with van der Waals surface area (Å²) in [5.41, 5.74) is -0.172. The van der Waals surface area contributed by atoms with Crippen LogP contribution in [-0.2, 0) is 20.0 Å². The zero-order valence-corrected chi connectivity index (χ0v) is 9.80. The van der Waals surface area contributed by atoms with Gasteiger partial charge in [-0.2, -0.15) is 0 Å². The summed E-state index contributed by atoms with van der Waals surface area (Å²) in [4.78, 5) is 19.7. The molecule has 0 amide bonds. The molecule has 0 aliphatic heterocycles. The first-order chi connectivity index (χ1) is 8.20. The molecule has 0 unspecified atom stereocenters. The van der Waals surface area contributed by atoms with Gasteiger partial charge in [-0.3, -0.25) is 4.79 Å². The number of nitrogens with zero attached hydrogens (tertiary/aromatic N) is 3. The SMILES string of the molecule is CCc1cnc(CNc2nccn(C)c2=O)o1. The summed E-state index contributed by atoms with van der Waals surface area (Å²) in [6.07, 6.45) is 5.66. The number of hydrogen-bond donors (Lipinski definition) is 1. The fourth-order valence-corrected chi connectivity index (χ4v) is 1.37. The monoisotopic (exact) mass is 234 g/mol. The molecule has 0 spiro atoms. The van der Waals surface area contributed by atoms with Crippen LogP contribution >= 0.6 is 0 Å². The molecule has 0 saturated carbocycles. The van der Waals surface area contributed by atoms with Crippen LogP contribution in [0.25, 0.3) is 0 Å². The summed E-state index contributed by atoms with van der Waals surface area (Å²) in [5, 5.41) is 2.91. The van der Waals surface area contributed by atoms with Crippen LogP contribution < -0.4 is 10.9 Å². The van der Waals surface area contributed by atoms with E-state index in [0.29, 0.717) is 18.3 Å². The number of hydrogen-bond acceptors (Lipinski definition) is 5. The Bertz CT molecular complexity index is 559. The van der Waals surface area contributed by atoms with Gasteiger partial charge in [0.1, 0.15) is 5.76 Å². The number of aromatic nitrogens is 3. The van der Waals surface area contributed by atoms with E-state index in [9.17, 15) is 4.79 Å². The van der Waals surface area contributed by atoms with Gasteiger partial charge in [0.25, 0.3) is 5.56 Å². The van der Waals surface area contributed by atoms with E-state index >= 15 is 0 Å². The van der Waals surface area contributed by atoms with Gasteiger partial charge in [0.05, 0.1) is 12.7 Å². The van der Waals surface area contributed by atoms with Crippen molar-refractivity contribution in [2.24, 2.45) is 7.05 Å². The Morgan fingerprint density at radius 3 is 3.00 bits per heavy atom. The molecule has 0 aromatic carbocycles. The molecule has 1 N–H and O–H groups in total. The molecule has 0 bridgehead atoms. The summed E-state index contributed by atoms with van der Waals surface area (Å²) in [6, 6.07) is 0. The predicted molar refractivity (Wildman–Crippen MR) is 62.7 cm³/mol. The summed E-state index contributed by atoms with van der Waals surface area (Å²) in [5.74, 6) is 1.68. The van der Waals surface area contributed by atoms with Gasteiger partial charge in [-0.05, 0) is 0 Å². The minimum Gasteiger partial charge on any atom is -0.444 e. The Morgan fingerprint density at radius 1 is 1.47 bits per heavy atom. The van der Waals surface area contributed by atoms with E-state index in [1.807, 2.05) is 6.92 Å². The second-order valence-electron chi connectivity index (χ2n) is 3.62. The fourth-order valence-electron chi connectivity index (χ4n) is 1.37. The maximum Gasteiger partial charge on any atom is 0.293 e. The van der Waals surface area contributed by atoms with Crippen LogP contribution in [0.4, 0.5) is 5.82 Å². The van der Waals surface area contributed by atoms with Gasteiger partial charge in [0.15, 0.2) is 5.82 Å². The summed E-state index contributed by atoms with van der Waals surface area (Å²) in [6.45, 7) is 2.35. The minimum atomic E-state index is -0.172. The second kappa shape index (κ2) is 4.82.